The van der Waals surface area contributed by atoms with E-state index in [-0.39, 0.29) is 0 Å². The number of nitrogens with two attached hydrogens (primary N) is 1. The number of aromatic nitrogens is 1. The first-order chi connectivity index (χ1) is 5.83. The minimum absolute atomic E-state index is 0.362. The molecule has 0 aliphatic carbocycles. The highest BCUT2D eigenvalue weighted by Gasteiger charge is 1.93. The van der Waals surface area contributed by atoms with Crippen molar-refractivity contribution in [2.24, 2.45) is 0 Å². The SMILES string of the molecule is Nc1ccc(CCOC=O)nc1. The first-order valence-electron chi connectivity index (χ1n) is 3.58. The van der Waals surface area contributed by atoms with E-state index in [1.165, 1.54) is 0 Å². The van der Waals surface area contributed by atoms with Crippen LogP contribution in [0.2, 0.25) is 0 Å². The van der Waals surface area contributed by atoms with Gasteiger partial charge in [0.2, 0.25) is 0 Å². The van der Waals surface area contributed by atoms with Gasteiger partial charge in [-0.1, -0.05) is 0 Å². The van der Waals surface area contributed by atoms with Crippen molar-refractivity contribution >= 4 is 12.2 Å². The summed E-state index contributed by atoms with van der Waals surface area (Å²) in [6.07, 6.45) is 2.20. The Balaban J connectivity index is 2.42. The van der Waals surface area contributed by atoms with Crippen molar-refractivity contribution in [2.75, 3.05) is 12.3 Å². The number of ether oxygens (including phenoxy) is 1. The molecule has 0 saturated heterocycles. The number of rotatable bonds is 4. The predicted molar refractivity (Wildman–Crippen MR) is 44.4 cm³/mol. The standard InChI is InChI=1S/C8H10N2O2/c9-7-1-2-8(10-5-7)3-4-12-6-11/h1-2,5-6H,3-4,9H2. The second-order valence-corrected chi connectivity index (χ2v) is 2.30. The lowest BCUT2D eigenvalue weighted by Gasteiger charge is -1.98. The van der Waals surface area contributed by atoms with E-state index in [1.54, 1.807) is 12.3 Å². The van der Waals surface area contributed by atoms with Crippen LogP contribution in [0.25, 0.3) is 0 Å². The van der Waals surface area contributed by atoms with Crippen LogP contribution in [0.4, 0.5) is 5.69 Å². The van der Waals surface area contributed by atoms with E-state index < -0.39 is 0 Å². The topological polar surface area (TPSA) is 65.2 Å². The molecule has 0 bridgehead atoms. The van der Waals surface area contributed by atoms with Gasteiger partial charge in [-0.05, 0) is 12.1 Å². The molecule has 1 heterocycles. The van der Waals surface area contributed by atoms with E-state index in [0.717, 1.165) is 5.69 Å². The van der Waals surface area contributed by atoms with Crippen molar-refractivity contribution in [3.05, 3.63) is 24.0 Å². The third-order valence-corrected chi connectivity index (χ3v) is 1.39. The largest absolute Gasteiger partial charge is 0.467 e. The molecule has 0 aliphatic heterocycles. The Kier molecular flexibility index (Phi) is 3.07. The maximum absolute atomic E-state index is 9.79. The van der Waals surface area contributed by atoms with E-state index in [1.807, 2.05) is 6.07 Å². The monoisotopic (exact) mass is 166 g/mol. The molecule has 0 fully saturated rings. The van der Waals surface area contributed by atoms with Crippen molar-refractivity contribution in [2.45, 2.75) is 6.42 Å². The number of anilines is 1. The van der Waals surface area contributed by atoms with E-state index in [4.69, 9.17) is 5.73 Å². The maximum atomic E-state index is 9.79. The molecule has 0 radical (unpaired) electrons. The molecule has 0 amide bonds. The molecule has 0 unspecified atom stereocenters. The Morgan fingerprint density at radius 1 is 1.58 bits per heavy atom. The zero-order valence-corrected chi connectivity index (χ0v) is 6.56. The van der Waals surface area contributed by atoms with Crippen LogP contribution in [0.3, 0.4) is 0 Å². The molecular weight excluding hydrogens is 156 g/mol. The van der Waals surface area contributed by atoms with Crippen LogP contribution in [-0.2, 0) is 16.0 Å². The molecule has 64 valence electrons. The van der Waals surface area contributed by atoms with Crippen LogP contribution in [0.5, 0.6) is 0 Å². The van der Waals surface area contributed by atoms with Crippen LogP contribution in [0.1, 0.15) is 5.69 Å². The highest BCUT2D eigenvalue weighted by molar-refractivity contribution is 5.37. The zero-order chi connectivity index (χ0) is 8.81. The summed E-state index contributed by atoms with van der Waals surface area (Å²) < 4.78 is 4.52. The normalized spacial score (nSPS) is 9.33. The number of nitrogens with zero attached hydrogens (tertiary/aromatic N) is 1. The third kappa shape index (κ3) is 2.57. The van der Waals surface area contributed by atoms with Gasteiger partial charge in [0.1, 0.15) is 0 Å². The first-order valence-corrected chi connectivity index (χ1v) is 3.58. The molecule has 0 atom stereocenters. The second-order valence-electron chi connectivity index (χ2n) is 2.30. The summed E-state index contributed by atoms with van der Waals surface area (Å²) >= 11 is 0. The van der Waals surface area contributed by atoms with Gasteiger partial charge < -0.3 is 10.5 Å². The number of pyridine rings is 1. The van der Waals surface area contributed by atoms with Gasteiger partial charge in [0, 0.05) is 12.1 Å². The Morgan fingerprint density at radius 3 is 3.00 bits per heavy atom. The van der Waals surface area contributed by atoms with Crippen LogP contribution >= 0.6 is 0 Å². The second kappa shape index (κ2) is 4.33. The third-order valence-electron chi connectivity index (χ3n) is 1.39. The van der Waals surface area contributed by atoms with Gasteiger partial charge in [0.05, 0.1) is 18.5 Å². The van der Waals surface area contributed by atoms with E-state index in [2.05, 4.69) is 9.72 Å². The minimum Gasteiger partial charge on any atom is -0.467 e. The molecule has 12 heavy (non-hydrogen) atoms. The molecular formula is C8H10N2O2. The maximum Gasteiger partial charge on any atom is 0.293 e. The van der Waals surface area contributed by atoms with Crippen molar-refractivity contribution in [1.29, 1.82) is 0 Å². The van der Waals surface area contributed by atoms with Gasteiger partial charge in [-0.2, -0.15) is 0 Å². The highest BCUT2D eigenvalue weighted by atomic mass is 16.5. The van der Waals surface area contributed by atoms with E-state index in [0.29, 0.717) is 25.2 Å². The number of nitrogen functional groups attached to an aromatic ring is 1. The lowest BCUT2D eigenvalue weighted by molar-refractivity contribution is -0.128. The Labute approximate surface area is 70.4 Å². The molecule has 1 rings (SSSR count). The number of carbonyl (C=O) groups excluding carboxylic acids is 1. The van der Waals surface area contributed by atoms with Crippen molar-refractivity contribution in [3.63, 3.8) is 0 Å². The van der Waals surface area contributed by atoms with Crippen LogP contribution < -0.4 is 5.73 Å². The molecule has 0 spiro atoms. The summed E-state index contributed by atoms with van der Waals surface area (Å²) in [6, 6.07) is 3.58. The molecule has 0 aromatic carbocycles. The molecule has 4 heteroatoms. The molecule has 1 aromatic heterocycles. The fraction of sp³-hybridized carbons (Fsp3) is 0.250. The first kappa shape index (κ1) is 8.52. The molecule has 0 aliphatic rings. The van der Waals surface area contributed by atoms with Gasteiger partial charge in [0.15, 0.2) is 0 Å². The average molecular weight is 166 g/mol. The fourth-order valence-corrected chi connectivity index (χ4v) is 0.795. The van der Waals surface area contributed by atoms with Crippen LogP contribution in [-0.4, -0.2) is 18.1 Å². The number of carbonyl (C=O) groups is 1. The Morgan fingerprint density at radius 2 is 2.42 bits per heavy atom. The highest BCUT2D eigenvalue weighted by Crippen LogP contribution is 2.01. The summed E-state index contributed by atoms with van der Waals surface area (Å²) in [5, 5.41) is 0. The van der Waals surface area contributed by atoms with Gasteiger partial charge >= 0.3 is 0 Å². The van der Waals surface area contributed by atoms with Crippen LogP contribution in [0.15, 0.2) is 18.3 Å². The minimum atomic E-state index is 0.362. The Bertz CT molecular complexity index is 246. The molecule has 4 nitrogen and oxygen atoms in total. The summed E-state index contributed by atoms with van der Waals surface area (Å²) in [7, 11) is 0. The average Bonchev–Trinajstić information content (AvgIpc) is 2.09. The van der Waals surface area contributed by atoms with Crippen molar-refractivity contribution < 1.29 is 9.53 Å². The predicted octanol–water partition coefficient (Wildman–Crippen LogP) is 0.379. The quantitative estimate of drug-likeness (QED) is 0.518. The fourth-order valence-electron chi connectivity index (χ4n) is 0.795. The Hall–Kier alpha value is -1.58. The van der Waals surface area contributed by atoms with E-state index >= 15 is 0 Å². The van der Waals surface area contributed by atoms with Gasteiger partial charge in [-0.25, -0.2) is 0 Å². The smallest absolute Gasteiger partial charge is 0.293 e. The summed E-state index contributed by atoms with van der Waals surface area (Å²) in [4.78, 5) is 13.8. The zero-order valence-electron chi connectivity index (χ0n) is 6.56. The summed E-state index contributed by atoms with van der Waals surface area (Å²) in [5.41, 5.74) is 6.93. The summed E-state index contributed by atoms with van der Waals surface area (Å²) in [5.74, 6) is 0. The van der Waals surface area contributed by atoms with Crippen molar-refractivity contribution in [1.82, 2.24) is 4.98 Å². The lowest BCUT2D eigenvalue weighted by atomic mass is 10.3. The van der Waals surface area contributed by atoms with Crippen LogP contribution in [0, 0.1) is 0 Å². The molecule has 1 aromatic rings. The van der Waals surface area contributed by atoms with E-state index in [9.17, 15) is 4.79 Å². The van der Waals surface area contributed by atoms with Gasteiger partial charge in [-0.15, -0.1) is 0 Å². The van der Waals surface area contributed by atoms with Gasteiger partial charge in [0.25, 0.3) is 6.47 Å². The lowest BCUT2D eigenvalue weighted by Crippen LogP contribution is -1.99. The molecule has 0 saturated carbocycles. The van der Waals surface area contributed by atoms with Crippen molar-refractivity contribution in [3.8, 4) is 0 Å². The number of hydrogen-bond donors (Lipinski definition) is 1. The summed E-state index contributed by atoms with van der Waals surface area (Å²) in [6.45, 7) is 0.789. The number of hydrogen-bond acceptors (Lipinski definition) is 4. The van der Waals surface area contributed by atoms with Gasteiger partial charge in [-0.3, -0.25) is 9.78 Å². The molecule has 2 N–H and O–H groups in total.